The first-order valence-electron chi connectivity index (χ1n) is 11.7. The second kappa shape index (κ2) is 11.1. The summed E-state index contributed by atoms with van der Waals surface area (Å²) >= 11 is 0. The lowest BCUT2D eigenvalue weighted by Gasteiger charge is -2.40. The molecule has 0 saturated heterocycles. The summed E-state index contributed by atoms with van der Waals surface area (Å²) in [6, 6.07) is 33.1. The van der Waals surface area contributed by atoms with Crippen LogP contribution in [-0.4, -0.2) is 30.2 Å². The fraction of sp³-hybridized carbons (Fsp3) is 0.167. The quantitative estimate of drug-likeness (QED) is 0.258. The molecule has 0 aliphatic carbocycles. The van der Waals surface area contributed by atoms with Crippen LogP contribution in [-0.2, 0) is 10.5 Å². The molecule has 0 saturated carbocycles. The summed E-state index contributed by atoms with van der Waals surface area (Å²) in [5.41, 5.74) is 4.35. The van der Waals surface area contributed by atoms with E-state index in [1.165, 1.54) is 11.9 Å². The number of methoxy groups -OCH3 is 2. The summed E-state index contributed by atoms with van der Waals surface area (Å²) in [4.78, 5) is 13.2. The fourth-order valence-corrected chi connectivity index (χ4v) is 4.30. The lowest BCUT2D eigenvalue weighted by molar-refractivity contribution is -0.143. The molecule has 1 unspecified atom stereocenters. The Morgan fingerprint density at radius 2 is 1.25 bits per heavy atom. The molecule has 184 valence electrons. The molecule has 0 aromatic heterocycles. The Labute approximate surface area is 211 Å². The van der Waals surface area contributed by atoms with Gasteiger partial charge in [-0.3, -0.25) is 9.80 Å². The van der Waals surface area contributed by atoms with E-state index >= 15 is 0 Å². The minimum atomic E-state index is -1.68. The minimum absolute atomic E-state index is 0.274. The molecule has 4 aromatic carbocycles. The van der Waals surface area contributed by atoms with Crippen LogP contribution in [0.1, 0.15) is 35.2 Å². The minimum Gasteiger partial charge on any atom is -0.493 e. The monoisotopic (exact) mass is 482 g/mol. The summed E-state index contributed by atoms with van der Waals surface area (Å²) in [6.45, 7) is 1.47. The largest absolute Gasteiger partial charge is 0.493 e. The highest BCUT2D eigenvalue weighted by Crippen LogP contribution is 2.36. The molecule has 0 radical (unpaired) electrons. The van der Waals surface area contributed by atoms with Crippen LogP contribution in [0.2, 0.25) is 0 Å². The summed E-state index contributed by atoms with van der Waals surface area (Å²) < 4.78 is 11.0. The molecule has 2 N–H and O–H groups in total. The van der Waals surface area contributed by atoms with Crippen molar-refractivity contribution >= 4 is 5.91 Å². The van der Waals surface area contributed by atoms with Gasteiger partial charge in [0.15, 0.2) is 17.2 Å². The molecule has 4 aromatic rings. The number of carbonyl (C=O) groups excluding carboxylic acids is 1. The first-order valence-corrected chi connectivity index (χ1v) is 11.7. The van der Waals surface area contributed by atoms with Crippen molar-refractivity contribution in [3.05, 3.63) is 131 Å². The van der Waals surface area contributed by atoms with E-state index < -0.39 is 11.8 Å². The van der Waals surface area contributed by atoms with Gasteiger partial charge in [-0.15, -0.1) is 0 Å². The number of hydrogen-bond acceptors (Lipinski definition) is 5. The van der Waals surface area contributed by atoms with Gasteiger partial charge in [-0.05, 0) is 23.3 Å². The molecule has 0 bridgehead atoms. The molecule has 4 rings (SSSR count). The van der Waals surface area contributed by atoms with Crippen molar-refractivity contribution in [3.63, 3.8) is 0 Å². The molecular weight excluding hydrogens is 452 g/mol. The Kier molecular flexibility index (Phi) is 7.68. The predicted octanol–water partition coefficient (Wildman–Crippen LogP) is 5.04. The highest BCUT2D eigenvalue weighted by atomic mass is 16.5. The van der Waals surface area contributed by atoms with Crippen molar-refractivity contribution in [3.8, 4) is 11.5 Å². The topological polar surface area (TPSA) is 71.0 Å². The molecule has 36 heavy (non-hydrogen) atoms. The molecular formula is C30H30N2O4. The predicted molar refractivity (Wildman–Crippen MR) is 139 cm³/mol. The number of nitrogens with zero attached hydrogens (tertiary/aromatic N) is 1. The van der Waals surface area contributed by atoms with Gasteiger partial charge in [0.2, 0.25) is 5.91 Å². The van der Waals surface area contributed by atoms with Crippen LogP contribution in [0.15, 0.2) is 109 Å². The number of ether oxygens (including phenoxy) is 2. The Hall–Kier alpha value is -4.13. The maximum absolute atomic E-state index is 13.2. The molecule has 0 aliphatic rings. The standard InChI is InChI=1S/C30H30N2O4/c1-22(33)32(31-30(34,25-15-9-5-10-16-25)26-17-11-6-12-18-26)29(23-13-7-4-8-14-23)24-19-20-27(35-2)28(21-24)36-3/h4-21,29,31,34H,1-3H3. The second-order valence-corrected chi connectivity index (χ2v) is 8.37. The maximum Gasteiger partial charge on any atom is 0.234 e. The van der Waals surface area contributed by atoms with Crippen molar-refractivity contribution in [1.82, 2.24) is 10.4 Å². The van der Waals surface area contributed by atoms with E-state index in [1.807, 2.05) is 109 Å². The van der Waals surface area contributed by atoms with Gasteiger partial charge in [0.25, 0.3) is 0 Å². The third-order valence-corrected chi connectivity index (χ3v) is 6.10. The van der Waals surface area contributed by atoms with Gasteiger partial charge in [0.05, 0.1) is 20.3 Å². The highest BCUT2D eigenvalue weighted by Gasteiger charge is 2.37. The summed E-state index contributed by atoms with van der Waals surface area (Å²) in [5.74, 6) is 0.852. The number of hydrogen-bond donors (Lipinski definition) is 2. The molecule has 0 aliphatic heterocycles. The Morgan fingerprint density at radius 1 is 0.750 bits per heavy atom. The lowest BCUT2D eigenvalue weighted by Crippen LogP contribution is -2.56. The van der Waals surface area contributed by atoms with Crippen LogP contribution >= 0.6 is 0 Å². The lowest BCUT2D eigenvalue weighted by atomic mass is 9.94. The smallest absolute Gasteiger partial charge is 0.234 e. The van der Waals surface area contributed by atoms with Crippen LogP contribution in [0.25, 0.3) is 0 Å². The summed E-state index contributed by atoms with van der Waals surface area (Å²) in [6.07, 6.45) is 0. The van der Waals surface area contributed by atoms with Crippen molar-refractivity contribution in [1.29, 1.82) is 0 Å². The van der Waals surface area contributed by atoms with Crippen LogP contribution in [0.4, 0.5) is 0 Å². The normalized spacial score (nSPS) is 12.0. The molecule has 0 heterocycles. The highest BCUT2D eigenvalue weighted by molar-refractivity contribution is 5.74. The van der Waals surface area contributed by atoms with Gasteiger partial charge < -0.3 is 14.6 Å². The Morgan fingerprint density at radius 3 is 1.72 bits per heavy atom. The first kappa shape index (κ1) is 25.0. The third-order valence-electron chi connectivity index (χ3n) is 6.10. The number of aliphatic hydroxyl groups is 1. The summed E-state index contributed by atoms with van der Waals surface area (Å²) in [7, 11) is 3.15. The zero-order chi connectivity index (χ0) is 25.5. The van der Waals surface area contributed by atoms with E-state index in [9.17, 15) is 9.90 Å². The molecule has 6 nitrogen and oxygen atoms in total. The maximum atomic E-state index is 13.2. The Bertz CT molecular complexity index is 1240. The van der Waals surface area contributed by atoms with E-state index in [1.54, 1.807) is 14.2 Å². The van der Waals surface area contributed by atoms with E-state index in [0.717, 1.165) is 11.1 Å². The van der Waals surface area contributed by atoms with Crippen molar-refractivity contribution in [2.24, 2.45) is 0 Å². The van der Waals surface area contributed by atoms with Gasteiger partial charge in [-0.25, -0.2) is 0 Å². The van der Waals surface area contributed by atoms with Gasteiger partial charge in [-0.2, -0.15) is 5.43 Å². The first-order chi connectivity index (χ1) is 17.5. The van der Waals surface area contributed by atoms with Crippen LogP contribution < -0.4 is 14.9 Å². The fourth-order valence-electron chi connectivity index (χ4n) is 4.30. The van der Waals surface area contributed by atoms with Crippen LogP contribution in [0, 0.1) is 0 Å². The van der Waals surface area contributed by atoms with Crippen molar-refractivity contribution in [2.45, 2.75) is 18.7 Å². The molecule has 1 atom stereocenters. The van der Waals surface area contributed by atoms with E-state index in [4.69, 9.17) is 9.47 Å². The van der Waals surface area contributed by atoms with Gasteiger partial charge in [0, 0.05) is 18.1 Å². The average molecular weight is 483 g/mol. The molecule has 0 spiro atoms. The van der Waals surface area contributed by atoms with Crippen molar-refractivity contribution in [2.75, 3.05) is 14.2 Å². The zero-order valence-corrected chi connectivity index (χ0v) is 20.6. The van der Waals surface area contributed by atoms with Gasteiger partial charge >= 0.3 is 0 Å². The van der Waals surface area contributed by atoms with E-state index in [-0.39, 0.29) is 5.91 Å². The number of hydrazine groups is 1. The number of amides is 1. The Balaban J connectivity index is 1.88. The number of rotatable bonds is 9. The van der Waals surface area contributed by atoms with E-state index in [2.05, 4.69) is 5.43 Å². The second-order valence-electron chi connectivity index (χ2n) is 8.37. The summed E-state index contributed by atoms with van der Waals surface area (Å²) in [5, 5.41) is 13.6. The SMILES string of the molecule is COc1ccc(C(c2ccccc2)N(NC(O)(c2ccccc2)c2ccccc2)C(C)=O)cc1OC. The van der Waals surface area contributed by atoms with Crippen LogP contribution in [0.3, 0.4) is 0 Å². The van der Waals surface area contributed by atoms with Crippen LogP contribution in [0.5, 0.6) is 11.5 Å². The van der Waals surface area contributed by atoms with Gasteiger partial charge in [-0.1, -0.05) is 97.1 Å². The number of carbonyl (C=O) groups is 1. The zero-order valence-electron chi connectivity index (χ0n) is 20.6. The number of nitrogens with one attached hydrogen (secondary N) is 1. The average Bonchev–Trinajstić information content (AvgIpc) is 2.94. The molecule has 6 heteroatoms. The molecule has 0 fully saturated rings. The number of benzene rings is 4. The molecule has 1 amide bonds. The van der Waals surface area contributed by atoms with Gasteiger partial charge in [0.1, 0.15) is 0 Å². The third kappa shape index (κ3) is 5.10. The van der Waals surface area contributed by atoms with Crippen molar-refractivity contribution < 1.29 is 19.4 Å². The van der Waals surface area contributed by atoms with E-state index in [0.29, 0.717) is 22.6 Å².